The Morgan fingerprint density at radius 1 is 1.54 bits per heavy atom. The minimum Gasteiger partial charge on any atom is -0.258 e. The summed E-state index contributed by atoms with van der Waals surface area (Å²) in [5, 5.41) is 8.64. The Bertz CT molecular complexity index is 234. The molecule has 74 valence electrons. The first-order valence-electron chi connectivity index (χ1n) is 4.94. The lowest BCUT2D eigenvalue weighted by atomic mass is 9.91. The molecule has 0 bridgehead atoms. The van der Waals surface area contributed by atoms with Crippen LogP contribution in [-0.2, 0) is 10.8 Å². The molecule has 1 aliphatic rings. The standard InChI is InChI=1S/C10H17NOS/c1-8-4-3-5-10(6-8)13(12)9(2)7-11/h8-10H,3-6H2,1-2H3. The van der Waals surface area contributed by atoms with Crippen LogP contribution >= 0.6 is 0 Å². The number of rotatable bonds is 2. The van der Waals surface area contributed by atoms with Gasteiger partial charge in [-0.1, -0.05) is 19.8 Å². The van der Waals surface area contributed by atoms with Crippen LogP contribution in [0.3, 0.4) is 0 Å². The van der Waals surface area contributed by atoms with Crippen molar-refractivity contribution >= 4 is 10.8 Å². The number of nitriles is 1. The highest BCUT2D eigenvalue weighted by molar-refractivity contribution is 7.86. The molecule has 4 unspecified atom stereocenters. The molecular formula is C10H17NOS. The molecule has 0 amide bonds. The fraction of sp³-hybridized carbons (Fsp3) is 0.900. The second-order valence-corrected chi connectivity index (χ2v) is 6.02. The quantitative estimate of drug-likeness (QED) is 0.684. The first-order valence-corrected chi connectivity index (χ1v) is 6.21. The van der Waals surface area contributed by atoms with Crippen molar-refractivity contribution in [1.82, 2.24) is 0 Å². The van der Waals surface area contributed by atoms with Crippen molar-refractivity contribution in [3.05, 3.63) is 0 Å². The maximum atomic E-state index is 11.8. The average Bonchev–Trinajstić information content (AvgIpc) is 2.15. The lowest BCUT2D eigenvalue weighted by molar-refractivity contribution is 0.389. The molecule has 0 aliphatic heterocycles. The van der Waals surface area contributed by atoms with Gasteiger partial charge in [0, 0.05) is 16.0 Å². The van der Waals surface area contributed by atoms with Gasteiger partial charge in [-0.2, -0.15) is 5.26 Å². The first kappa shape index (κ1) is 10.7. The summed E-state index contributed by atoms with van der Waals surface area (Å²) >= 11 is 0. The van der Waals surface area contributed by atoms with E-state index in [1.54, 1.807) is 6.92 Å². The summed E-state index contributed by atoms with van der Waals surface area (Å²) in [6.07, 6.45) is 4.52. The van der Waals surface area contributed by atoms with Crippen LogP contribution in [0.4, 0.5) is 0 Å². The Kier molecular flexibility index (Phi) is 3.92. The fourth-order valence-electron chi connectivity index (χ4n) is 1.93. The SMILES string of the molecule is CC1CCCC(S(=O)C(C)C#N)C1. The molecule has 1 rings (SSSR count). The molecule has 0 aromatic heterocycles. The molecule has 0 spiro atoms. The van der Waals surface area contributed by atoms with Gasteiger partial charge in [0.15, 0.2) is 0 Å². The molecule has 1 fully saturated rings. The lowest BCUT2D eigenvalue weighted by Gasteiger charge is -2.26. The van der Waals surface area contributed by atoms with Crippen LogP contribution < -0.4 is 0 Å². The summed E-state index contributed by atoms with van der Waals surface area (Å²) in [5.74, 6) is 0.689. The van der Waals surface area contributed by atoms with Crippen LogP contribution in [0.1, 0.15) is 39.5 Å². The number of nitrogens with zero attached hydrogens (tertiary/aromatic N) is 1. The molecule has 0 N–H and O–H groups in total. The summed E-state index contributed by atoms with van der Waals surface area (Å²) in [7, 11) is -0.933. The maximum absolute atomic E-state index is 11.8. The van der Waals surface area contributed by atoms with E-state index in [4.69, 9.17) is 5.26 Å². The third kappa shape index (κ3) is 2.80. The van der Waals surface area contributed by atoms with Crippen molar-refractivity contribution in [2.45, 2.75) is 50.0 Å². The summed E-state index contributed by atoms with van der Waals surface area (Å²) in [4.78, 5) is 0. The minimum atomic E-state index is -0.933. The third-order valence-electron chi connectivity index (χ3n) is 2.75. The highest BCUT2D eigenvalue weighted by Gasteiger charge is 2.26. The molecule has 4 atom stereocenters. The van der Waals surface area contributed by atoms with Crippen molar-refractivity contribution in [1.29, 1.82) is 5.26 Å². The molecule has 3 heteroatoms. The van der Waals surface area contributed by atoms with Crippen LogP contribution in [0.25, 0.3) is 0 Å². The van der Waals surface area contributed by atoms with Gasteiger partial charge in [0.1, 0.15) is 5.25 Å². The molecule has 0 radical (unpaired) electrons. The highest BCUT2D eigenvalue weighted by atomic mass is 32.2. The molecule has 0 aromatic rings. The van der Waals surface area contributed by atoms with Crippen LogP contribution in [0, 0.1) is 17.2 Å². The highest BCUT2D eigenvalue weighted by Crippen LogP contribution is 2.28. The smallest absolute Gasteiger partial charge is 0.119 e. The average molecular weight is 199 g/mol. The van der Waals surface area contributed by atoms with Gasteiger partial charge < -0.3 is 0 Å². The van der Waals surface area contributed by atoms with Gasteiger partial charge in [0.25, 0.3) is 0 Å². The number of hydrogen-bond donors (Lipinski definition) is 0. The van der Waals surface area contributed by atoms with Crippen LogP contribution in [0.15, 0.2) is 0 Å². The van der Waals surface area contributed by atoms with Crippen molar-refractivity contribution < 1.29 is 4.21 Å². The zero-order valence-corrected chi connectivity index (χ0v) is 9.14. The molecule has 0 aromatic carbocycles. The second kappa shape index (κ2) is 4.76. The van der Waals surface area contributed by atoms with E-state index in [0.717, 1.165) is 12.8 Å². The molecule has 2 nitrogen and oxygen atoms in total. The summed E-state index contributed by atoms with van der Waals surface area (Å²) in [6.45, 7) is 3.97. The van der Waals surface area contributed by atoms with E-state index in [-0.39, 0.29) is 10.5 Å². The zero-order chi connectivity index (χ0) is 9.84. The van der Waals surface area contributed by atoms with Crippen molar-refractivity contribution in [2.24, 2.45) is 5.92 Å². The Hall–Kier alpha value is -0.360. The van der Waals surface area contributed by atoms with E-state index in [2.05, 4.69) is 13.0 Å². The molecule has 0 saturated heterocycles. The normalized spacial score (nSPS) is 33.3. The van der Waals surface area contributed by atoms with Crippen molar-refractivity contribution in [2.75, 3.05) is 0 Å². The molecule has 0 heterocycles. The molecule has 1 aliphatic carbocycles. The molecular weight excluding hydrogens is 182 g/mol. The van der Waals surface area contributed by atoms with Crippen LogP contribution in [-0.4, -0.2) is 14.7 Å². The summed E-state index contributed by atoms with van der Waals surface area (Å²) < 4.78 is 11.8. The molecule has 13 heavy (non-hydrogen) atoms. The van der Waals surface area contributed by atoms with Crippen LogP contribution in [0.2, 0.25) is 0 Å². The van der Waals surface area contributed by atoms with E-state index >= 15 is 0 Å². The van der Waals surface area contributed by atoms with Crippen molar-refractivity contribution in [3.8, 4) is 6.07 Å². The Morgan fingerprint density at radius 3 is 2.77 bits per heavy atom. The first-order chi connectivity index (χ1) is 6.15. The third-order valence-corrected chi connectivity index (χ3v) is 4.63. The largest absolute Gasteiger partial charge is 0.258 e. The Morgan fingerprint density at radius 2 is 2.23 bits per heavy atom. The summed E-state index contributed by atoms with van der Waals surface area (Å²) in [6, 6.07) is 2.08. The van der Waals surface area contributed by atoms with E-state index in [0.29, 0.717) is 5.92 Å². The minimum absolute atomic E-state index is 0.276. The van der Waals surface area contributed by atoms with Gasteiger partial charge in [-0.25, -0.2) is 0 Å². The predicted molar refractivity (Wildman–Crippen MR) is 54.6 cm³/mol. The van der Waals surface area contributed by atoms with Crippen LogP contribution in [0.5, 0.6) is 0 Å². The predicted octanol–water partition coefficient (Wildman–Crippen LogP) is 2.23. The van der Waals surface area contributed by atoms with Gasteiger partial charge in [-0.05, 0) is 25.7 Å². The fourth-order valence-corrected chi connectivity index (χ4v) is 3.53. The van der Waals surface area contributed by atoms with Gasteiger partial charge in [-0.3, -0.25) is 4.21 Å². The van der Waals surface area contributed by atoms with Gasteiger partial charge in [0.2, 0.25) is 0 Å². The molecule has 1 saturated carbocycles. The van der Waals surface area contributed by atoms with Gasteiger partial charge in [0.05, 0.1) is 6.07 Å². The lowest BCUT2D eigenvalue weighted by Crippen LogP contribution is -2.28. The van der Waals surface area contributed by atoms with Gasteiger partial charge in [-0.15, -0.1) is 0 Å². The topological polar surface area (TPSA) is 40.9 Å². The zero-order valence-electron chi connectivity index (χ0n) is 8.32. The van der Waals surface area contributed by atoms with E-state index in [9.17, 15) is 4.21 Å². The van der Waals surface area contributed by atoms with E-state index in [1.807, 2.05) is 0 Å². The number of hydrogen-bond acceptors (Lipinski definition) is 2. The van der Waals surface area contributed by atoms with E-state index < -0.39 is 10.8 Å². The second-order valence-electron chi connectivity index (χ2n) is 3.99. The maximum Gasteiger partial charge on any atom is 0.119 e. The monoisotopic (exact) mass is 199 g/mol. The summed E-state index contributed by atoms with van der Waals surface area (Å²) in [5.41, 5.74) is 0. The Balaban J connectivity index is 2.52. The van der Waals surface area contributed by atoms with Gasteiger partial charge >= 0.3 is 0 Å². The van der Waals surface area contributed by atoms with Crippen molar-refractivity contribution in [3.63, 3.8) is 0 Å². The Labute approximate surface area is 82.8 Å². The van der Waals surface area contributed by atoms with E-state index in [1.165, 1.54) is 12.8 Å².